The second-order valence-electron chi connectivity index (χ2n) is 17.5. The highest BCUT2D eigenvalue weighted by Gasteiger charge is 2.73. The van der Waals surface area contributed by atoms with Crippen molar-refractivity contribution in [3.8, 4) is 0 Å². The normalized spacial score (nSPS) is 47.0. The van der Waals surface area contributed by atoms with Crippen molar-refractivity contribution in [3.05, 3.63) is 23.3 Å². The third-order valence-electron chi connectivity index (χ3n) is 14.3. The van der Waals surface area contributed by atoms with Gasteiger partial charge in [0.2, 0.25) is 0 Å². The first kappa shape index (κ1) is 33.7. The summed E-state index contributed by atoms with van der Waals surface area (Å²) < 4.78 is 12.1. The predicted molar refractivity (Wildman–Crippen MR) is 169 cm³/mol. The van der Waals surface area contributed by atoms with Crippen LogP contribution in [-0.2, 0) is 19.1 Å². The molecule has 248 valence electrons. The van der Waals surface area contributed by atoms with E-state index in [4.69, 9.17) is 9.47 Å². The van der Waals surface area contributed by atoms with Crippen LogP contribution < -0.4 is 0 Å². The summed E-state index contributed by atoms with van der Waals surface area (Å²) >= 11 is 0. The first-order valence-corrected chi connectivity index (χ1v) is 16.9. The first-order chi connectivity index (χ1) is 20.2. The minimum atomic E-state index is -1.20. The van der Waals surface area contributed by atoms with Gasteiger partial charge in [0.15, 0.2) is 0 Å². The van der Waals surface area contributed by atoms with Crippen LogP contribution in [0.5, 0.6) is 0 Å². The third kappa shape index (κ3) is 4.52. The van der Waals surface area contributed by atoms with Crippen LogP contribution in [0.15, 0.2) is 23.3 Å². The summed E-state index contributed by atoms with van der Waals surface area (Å²) in [6, 6.07) is 0. The summed E-state index contributed by atoms with van der Waals surface area (Å²) in [6.45, 7) is 20.4. The maximum absolute atomic E-state index is 13.0. The number of esters is 2. The predicted octanol–water partition coefficient (Wildman–Crippen LogP) is 6.14. The molecule has 4 fully saturated rings. The van der Waals surface area contributed by atoms with Gasteiger partial charge in [0, 0.05) is 18.4 Å². The molecule has 5 rings (SSSR count). The quantitative estimate of drug-likeness (QED) is 0.198. The molecule has 5 aliphatic carbocycles. The Hall–Kier alpha value is -1.70. The van der Waals surface area contributed by atoms with Crippen molar-refractivity contribution >= 4 is 11.9 Å². The number of rotatable bonds is 4. The molecule has 0 amide bonds. The Morgan fingerprint density at radius 1 is 0.886 bits per heavy atom. The van der Waals surface area contributed by atoms with Crippen molar-refractivity contribution in [2.75, 3.05) is 6.61 Å². The Balaban J connectivity index is 1.63. The number of hydrogen-bond donors (Lipinski definition) is 3. The van der Waals surface area contributed by atoms with Crippen molar-refractivity contribution in [1.29, 1.82) is 0 Å². The van der Waals surface area contributed by atoms with Gasteiger partial charge in [-0.1, -0.05) is 65.7 Å². The Bertz CT molecular complexity index is 1240. The number of ether oxygens (including phenoxy) is 2. The molecular weight excluding hydrogens is 556 g/mol. The summed E-state index contributed by atoms with van der Waals surface area (Å²) in [5, 5.41) is 34.7. The molecule has 44 heavy (non-hydrogen) atoms. The van der Waals surface area contributed by atoms with Crippen molar-refractivity contribution < 1.29 is 34.4 Å². The number of carbonyl (C=O) groups is 2. The van der Waals surface area contributed by atoms with Crippen LogP contribution in [-0.4, -0.2) is 58.3 Å². The molecule has 11 atom stereocenters. The van der Waals surface area contributed by atoms with E-state index in [0.717, 1.165) is 37.7 Å². The lowest BCUT2D eigenvalue weighted by molar-refractivity contribution is -0.265. The highest BCUT2D eigenvalue weighted by Crippen LogP contribution is 2.76. The molecule has 0 spiro atoms. The molecule has 0 bridgehead atoms. The van der Waals surface area contributed by atoms with Crippen LogP contribution in [0.4, 0.5) is 0 Å². The van der Waals surface area contributed by atoms with Gasteiger partial charge < -0.3 is 24.8 Å². The fraction of sp³-hybridized carbons (Fsp3) is 0.838. The van der Waals surface area contributed by atoms with Crippen LogP contribution in [0.1, 0.15) is 114 Å². The smallest absolute Gasteiger partial charge is 0.331 e. The molecule has 3 N–H and O–H groups in total. The zero-order valence-electron chi connectivity index (χ0n) is 28.8. The van der Waals surface area contributed by atoms with Gasteiger partial charge in [-0.2, -0.15) is 0 Å². The minimum Gasteiger partial charge on any atom is -0.458 e. The second kappa shape index (κ2) is 10.7. The van der Waals surface area contributed by atoms with Gasteiger partial charge in [-0.3, -0.25) is 4.79 Å². The lowest BCUT2D eigenvalue weighted by atomic mass is 9.33. The minimum absolute atomic E-state index is 0.0631. The number of hydrogen-bond acceptors (Lipinski definition) is 7. The fourth-order valence-corrected chi connectivity index (χ4v) is 11.8. The second-order valence-corrected chi connectivity index (χ2v) is 17.5. The Labute approximate surface area is 264 Å². The van der Waals surface area contributed by atoms with Gasteiger partial charge in [-0.15, -0.1) is 0 Å². The Morgan fingerprint density at radius 3 is 2.14 bits per heavy atom. The van der Waals surface area contributed by atoms with Crippen LogP contribution >= 0.6 is 0 Å². The molecule has 0 aliphatic heterocycles. The van der Waals surface area contributed by atoms with Gasteiger partial charge in [-0.25, -0.2) is 4.79 Å². The largest absolute Gasteiger partial charge is 0.458 e. The first-order valence-electron chi connectivity index (χ1n) is 16.9. The lowest BCUT2D eigenvalue weighted by Gasteiger charge is -2.72. The van der Waals surface area contributed by atoms with Gasteiger partial charge in [0.1, 0.15) is 12.2 Å². The van der Waals surface area contributed by atoms with Crippen molar-refractivity contribution in [3.63, 3.8) is 0 Å². The molecule has 5 aliphatic rings. The van der Waals surface area contributed by atoms with E-state index in [1.54, 1.807) is 0 Å². The van der Waals surface area contributed by atoms with E-state index in [-0.39, 0.29) is 40.3 Å². The number of aliphatic hydroxyl groups excluding tert-OH is 3. The van der Waals surface area contributed by atoms with Gasteiger partial charge in [0.05, 0.1) is 24.2 Å². The van der Waals surface area contributed by atoms with Crippen LogP contribution in [0.2, 0.25) is 0 Å². The van der Waals surface area contributed by atoms with Crippen LogP contribution in [0.3, 0.4) is 0 Å². The maximum Gasteiger partial charge on any atom is 0.331 e. The van der Waals surface area contributed by atoms with E-state index in [9.17, 15) is 24.9 Å². The molecule has 11 unspecified atom stereocenters. The average Bonchev–Trinajstić information content (AvgIpc) is 2.88. The van der Waals surface area contributed by atoms with Crippen molar-refractivity contribution in [2.24, 2.45) is 50.2 Å². The third-order valence-corrected chi connectivity index (χ3v) is 14.3. The summed E-state index contributed by atoms with van der Waals surface area (Å²) in [6.07, 6.45) is 6.50. The summed E-state index contributed by atoms with van der Waals surface area (Å²) in [7, 11) is 0. The molecule has 0 heterocycles. The molecule has 0 saturated heterocycles. The lowest BCUT2D eigenvalue weighted by Crippen LogP contribution is -2.72. The highest BCUT2D eigenvalue weighted by molar-refractivity contribution is 5.83. The van der Waals surface area contributed by atoms with E-state index in [1.807, 2.05) is 27.7 Å². The van der Waals surface area contributed by atoms with Gasteiger partial charge >= 0.3 is 11.9 Å². The molecule has 0 aromatic rings. The molecule has 0 radical (unpaired) electrons. The SMILES string of the molecule is CC(=O)OC1C(OC(=O)C=C(C)C)C(C)(C)CC2C3=CCC4C5(C)CCC(O)C(C)(C)C5CCC4(C)C3(C)CC(O)C21CO. The molecular formula is C37H58O7. The Morgan fingerprint density at radius 2 is 1.55 bits per heavy atom. The number of allylic oxidation sites excluding steroid dienone is 3. The molecule has 4 saturated carbocycles. The average molecular weight is 615 g/mol. The van der Waals surface area contributed by atoms with E-state index in [2.05, 4.69) is 40.7 Å². The van der Waals surface area contributed by atoms with Crippen molar-refractivity contribution in [1.82, 2.24) is 0 Å². The summed E-state index contributed by atoms with van der Waals surface area (Å²) in [5.74, 6) is -0.493. The van der Waals surface area contributed by atoms with E-state index >= 15 is 0 Å². The topological polar surface area (TPSA) is 113 Å². The van der Waals surface area contributed by atoms with Gasteiger partial charge in [0.25, 0.3) is 0 Å². The van der Waals surface area contributed by atoms with Crippen molar-refractivity contribution in [2.45, 2.75) is 139 Å². The maximum atomic E-state index is 13.0. The highest BCUT2D eigenvalue weighted by atomic mass is 16.6. The van der Waals surface area contributed by atoms with Crippen LogP contribution in [0.25, 0.3) is 0 Å². The summed E-state index contributed by atoms with van der Waals surface area (Å²) in [5.41, 5.74) is -0.278. The van der Waals surface area contributed by atoms with Crippen LogP contribution in [0, 0.1) is 50.2 Å². The molecule has 0 aromatic carbocycles. The summed E-state index contributed by atoms with van der Waals surface area (Å²) in [4.78, 5) is 25.6. The monoisotopic (exact) mass is 614 g/mol. The fourth-order valence-electron chi connectivity index (χ4n) is 11.8. The van der Waals surface area contributed by atoms with E-state index in [0.29, 0.717) is 24.7 Å². The number of carbonyl (C=O) groups excluding carboxylic acids is 2. The number of fused-ring (bicyclic) bond motifs is 7. The van der Waals surface area contributed by atoms with E-state index in [1.165, 1.54) is 18.6 Å². The molecule has 7 heteroatoms. The standard InChI is InChI=1S/C37H58O7/c1-21(2)17-29(42)44-30-31(43-22(3)39)37(20-38)24(18-32(30,4)5)23-11-12-26-34(8)15-14-27(40)33(6,7)25(34)13-16-35(26,9)36(23,10)19-28(37)41/h11,17,24-28,30-31,38,40-41H,12-16,18-20H2,1-10H3. The van der Waals surface area contributed by atoms with Gasteiger partial charge in [-0.05, 0) is 98.2 Å². The zero-order chi connectivity index (χ0) is 32.8. The van der Waals surface area contributed by atoms with E-state index < -0.39 is 41.1 Å². The zero-order valence-corrected chi connectivity index (χ0v) is 28.8. The molecule has 0 aromatic heterocycles. The molecule has 7 nitrogen and oxygen atoms in total. The number of aliphatic hydroxyl groups is 3. The Kier molecular flexibility index (Phi) is 8.16.